The van der Waals surface area contributed by atoms with Crippen LogP contribution in [-0.2, 0) is 0 Å². The van der Waals surface area contributed by atoms with Gasteiger partial charge in [0.1, 0.15) is 0 Å². The number of nitrogens with zero attached hydrogens (tertiary/aromatic N) is 1. The Kier molecular flexibility index (Phi) is 3.25. The molecule has 1 aliphatic heterocycles. The summed E-state index contributed by atoms with van der Waals surface area (Å²) in [6.07, 6.45) is 5.88. The molecule has 0 bridgehead atoms. The van der Waals surface area contributed by atoms with Crippen molar-refractivity contribution in [3.8, 4) is 0 Å². The van der Waals surface area contributed by atoms with Gasteiger partial charge in [-0.3, -0.25) is 10.4 Å². The van der Waals surface area contributed by atoms with Gasteiger partial charge in [-0.25, -0.2) is 5.43 Å². The highest BCUT2D eigenvalue weighted by Crippen LogP contribution is 2.40. The number of halogens is 1. The van der Waals surface area contributed by atoms with E-state index in [1.165, 1.54) is 30.2 Å². The van der Waals surface area contributed by atoms with E-state index in [0.29, 0.717) is 22.8 Å². The van der Waals surface area contributed by atoms with Gasteiger partial charge in [0.15, 0.2) is 0 Å². The van der Waals surface area contributed by atoms with Crippen molar-refractivity contribution in [1.29, 1.82) is 0 Å². The van der Waals surface area contributed by atoms with Crippen LogP contribution in [0, 0.1) is 5.92 Å². The molecule has 1 aliphatic carbocycles. The van der Waals surface area contributed by atoms with Gasteiger partial charge in [0.2, 0.25) is 0 Å². The third-order valence-electron chi connectivity index (χ3n) is 4.67. The molecular weight excluding hydrogens is 314 g/mol. The standard InChI is InChI=1S/C16H18BrN3/c17-13-6-3-5-12-15(19-20-16(12)13)11-8-10-4-1-2-7-14(10)18-9-11/h1-2,4,7-9,12-13,15-16,19-20H,3,5-6H2. The molecule has 1 saturated heterocycles. The van der Waals surface area contributed by atoms with E-state index < -0.39 is 0 Å². The maximum Gasteiger partial charge on any atom is 0.0702 e. The Hall–Kier alpha value is -0.970. The second-order valence-electron chi connectivity index (χ2n) is 5.86. The fourth-order valence-electron chi connectivity index (χ4n) is 3.63. The Bertz CT molecular complexity index is 630. The van der Waals surface area contributed by atoms with Crippen molar-refractivity contribution in [3.05, 3.63) is 42.1 Å². The molecule has 4 heteroatoms. The number of benzene rings is 1. The van der Waals surface area contributed by atoms with Crippen molar-refractivity contribution in [2.45, 2.75) is 36.2 Å². The van der Waals surface area contributed by atoms with Crippen molar-refractivity contribution < 1.29 is 0 Å². The average molecular weight is 332 g/mol. The molecule has 0 spiro atoms. The second-order valence-corrected chi connectivity index (χ2v) is 7.04. The molecule has 20 heavy (non-hydrogen) atoms. The summed E-state index contributed by atoms with van der Waals surface area (Å²) in [4.78, 5) is 5.18. The molecule has 4 unspecified atom stereocenters. The number of fused-ring (bicyclic) bond motifs is 2. The monoisotopic (exact) mass is 331 g/mol. The maximum atomic E-state index is 4.60. The first-order valence-electron chi connectivity index (χ1n) is 7.33. The minimum absolute atomic E-state index is 0.373. The molecule has 0 amide bonds. The van der Waals surface area contributed by atoms with E-state index in [0.717, 1.165) is 5.52 Å². The predicted octanol–water partition coefficient (Wildman–Crippen LogP) is 3.32. The van der Waals surface area contributed by atoms with Crippen molar-refractivity contribution in [3.63, 3.8) is 0 Å². The second kappa shape index (κ2) is 5.10. The van der Waals surface area contributed by atoms with Crippen LogP contribution in [0.4, 0.5) is 0 Å². The Balaban J connectivity index is 1.69. The number of aromatic nitrogens is 1. The third kappa shape index (κ3) is 2.07. The number of nitrogens with one attached hydrogen (secondary N) is 2. The summed E-state index contributed by atoms with van der Waals surface area (Å²) in [5.41, 5.74) is 9.34. The van der Waals surface area contributed by atoms with Gasteiger partial charge in [0, 0.05) is 22.5 Å². The molecule has 0 radical (unpaired) electrons. The molecule has 1 saturated carbocycles. The number of pyridine rings is 1. The van der Waals surface area contributed by atoms with Crippen molar-refractivity contribution in [1.82, 2.24) is 15.8 Å². The molecule has 2 N–H and O–H groups in total. The van der Waals surface area contributed by atoms with Crippen LogP contribution in [-0.4, -0.2) is 15.9 Å². The molecule has 2 aliphatic rings. The highest BCUT2D eigenvalue weighted by atomic mass is 79.9. The van der Waals surface area contributed by atoms with Gasteiger partial charge in [-0.05, 0) is 36.5 Å². The first-order valence-corrected chi connectivity index (χ1v) is 8.24. The SMILES string of the molecule is BrC1CCCC2C(c3cnc4ccccc4c3)NNC12. The van der Waals surface area contributed by atoms with Crippen LogP contribution in [0.15, 0.2) is 36.5 Å². The van der Waals surface area contributed by atoms with E-state index >= 15 is 0 Å². The van der Waals surface area contributed by atoms with Gasteiger partial charge in [0.05, 0.1) is 11.6 Å². The first-order chi connectivity index (χ1) is 9.83. The van der Waals surface area contributed by atoms with Crippen LogP contribution in [0.5, 0.6) is 0 Å². The lowest BCUT2D eigenvalue weighted by molar-refractivity contribution is 0.318. The zero-order valence-corrected chi connectivity index (χ0v) is 12.8. The van der Waals surface area contributed by atoms with E-state index in [-0.39, 0.29) is 0 Å². The minimum Gasteiger partial charge on any atom is -0.256 e. The highest BCUT2D eigenvalue weighted by molar-refractivity contribution is 9.09. The molecule has 4 atom stereocenters. The topological polar surface area (TPSA) is 37.0 Å². The summed E-state index contributed by atoms with van der Waals surface area (Å²) in [6, 6.07) is 11.5. The molecule has 1 aromatic heterocycles. The zero-order valence-electron chi connectivity index (χ0n) is 11.2. The molecule has 2 fully saturated rings. The summed E-state index contributed by atoms with van der Waals surface area (Å²) >= 11 is 3.82. The van der Waals surface area contributed by atoms with Gasteiger partial charge in [-0.15, -0.1) is 0 Å². The zero-order chi connectivity index (χ0) is 13.5. The van der Waals surface area contributed by atoms with E-state index in [1.807, 2.05) is 12.3 Å². The van der Waals surface area contributed by atoms with Gasteiger partial charge >= 0.3 is 0 Å². The normalized spacial score (nSPS) is 33.2. The van der Waals surface area contributed by atoms with Crippen LogP contribution in [0.1, 0.15) is 30.9 Å². The van der Waals surface area contributed by atoms with Gasteiger partial charge in [-0.2, -0.15) is 0 Å². The molecule has 3 nitrogen and oxygen atoms in total. The van der Waals surface area contributed by atoms with Crippen LogP contribution >= 0.6 is 15.9 Å². The largest absolute Gasteiger partial charge is 0.256 e. The number of hydrazine groups is 1. The predicted molar refractivity (Wildman–Crippen MR) is 84.6 cm³/mol. The molecular formula is C16H18BrN3. The molecule has 2 aromatic rings. The highest BCUT2D eigenvalue weighted by Gasteiger charge is 2.42. The number of alkyl halides is 1. The average Bonchev–Trinajstić information content (AvgIpc) is 2.92. The Morgan fingerprint density at radius 2 is 2.05 bits per heavy atom. The van der Waals surface area contributed by atoms with Crippen LogP contribution in [0.3, 0.4) is 0 Å². The number of hydrogen-bond donors (Lipinski definition) is 2. The first kappa shape index (κ1) is 12.7. The molecule has 4 rings (SSSR count). The number of para-hydroxylation sites is 1. The Labute approximate surface area is 127 Å². The van der Waals surface area contributed by atoms with Crippen LogP contribution < -0.4 is 10.9 Å². The quantitative estimate of drug-likeness (QED) is 0.787. The van der Waals surface area contributed by atoms with Crippen molar-refractivity contribution in [2.75, 3.05) is 0 Å². The number of hydrogen-bond acceptors (Lipinski definition) is 3. The minimum atomic E-state index is 0.373. The lowest BCUT2D eigenvalue weighted by Crippen LogP contribution is -2.40. The van der Waals surface area contributed by atoms with Crippen LogP contribution in [0.25, 0.3) is 10.9 Å². The summed E-state index contributed by atoms with van der Waals surface area (Å²) < 4.78 is 0. The molecule has 1 aromatic carbocycles. The number of rotatable bonds is 1. The molecule has 104 valence electrons. The third-order valence-corrected chi connectivity index (χ3v) is 5.70. The summed E-state index contributed by atoms with van der Waals surface area (Å²) in [7, 11) is 0. The smallest absolute Gasteiger partial charge is 0.0702 e. The Morgan fingerprint density at radius 1 is 1.15 bits per heavy atom. The maximum absolute atomic E-state index is 4.60. The van der Waals surface area contributed by atoms with E-state index in [1.54, 1.807) is 0 Å². The fourth-order valence-corrected chi connectivity index (χ4v) is 4.48. The van der Waals surface area contributed by atoms with E-state index in [9.17, 15) is 0 Å². The van der Waals surface area contributed by atoms with E-state index in [4.69, 9.17) is 0 Å². The summed E-state index contributed by atoms with van der Waals surface area (Å²) in [5, 5.41) is 1.22. The summed E-state index contributed by atoms with van der Waals surface area (Å²) in [5.74, 6) is 0.649. The van der Waals surface area contributed by atoms with Gasteiger partial charge in [0.25, 0.3) is 0 Å². The van der Waals surface area contributed by atoms with E-state index in [2.05, 4.69) is 56.0 Å². The van der Waals surface area contributed by atoms with Crippen molar-refractivity contribution >= 4 is 26.8 Å². The lowest BCUT2D eigenvalue weighted by atomic mass is 9.79. The Morgan fingerprint density at radius 3 is 3.00 bits per heavy atom. The summed E-state index contributed by atoms with van der Waals surface area (Å²) in [6.45, 7) is 0. The van der Waals surface area contributed by atoms with Gasteiger partial charge < -0.3 is 0 Å². The molecule has 2 heterocycles. The van der Waals surface area contributed by atoms with Crippen molar-refractivity contribution in [2.24, 2.45) is 5.92 Å². The fraction of sp³-hybridized carbons (Fsp3) is 0.438. The van der Waals surface area contributed by atoms with Crippen LogP contribution in [0.2, 0.25) is 0 Å². The lowest BCUT2D eigenvalue weighted by Gasteiger charge is -2.31. The van der Waals surface area contributed by atoms with Gasteiger partial charge in [-0.1, -0.05) is 40.5 Å².